The van der Waals surface area contributed by atoms with E-state index in [1.165, 1.54) is 63.9 Å². The van der Waals surface area contributed by atoms with Crippen LogP contribution in [0.15, 0.2) is 12.7 Å². The molecule has 0 saturated heterocycles. The number of hydrogen-bond acceptors (Lipinski definition) is 2. The average molecular weight is 292 g/mol. The molecule has 0 unspecified atom stereocenters. The molecule has 0 N–H and O–H groups in total. The van der Waals surface area contributed by atoms with Crippen LogP contribution in [-0.2, 0) is 9.53 Å². The summed E-state index contributed by atoms with van der Waals surface area (Å²) in [6.07, 6.45) is 16.0. The van der Waals surface area contributed by atoms with Crippen molar-refractivity contribution in [2.75, 3.05) is 0 Å². The number of hydrogen-bond donors (Lipinski definition) is 0. The summed E-state index contributed by atoms with van der Waals surface area (Å²) in [4.78, 5) is 11.2. The Kier molecular flexibility index (Phi) is 6.79. The molecule has 0 atom stereocenters. The lowest BCUT2D eigenvalue weighted by Crippen LogP contribution is -2.29. The molecular formula is C19H32O2. The van der Waals surface area contributed by atoms with Gasteiger partial charge in [-0.25, -0.2) is 4.79 Å². The van der Waals surface area contributed by atoms with Gasteiger partial charge >= 0.3 is 5.97 Å². The Hall–Kier alpha value is -0.790. The Morgan fingerprint density at radius 2 is 1.62 bits per heavy atom. The van der Waals surface area contributed by atoms with Gasteiger partial charge in [-0.05, 0) is 56.3 Å². The van der Waals surface area contributed by atoms with Crippen molar-refractivity contribution >= 4 is 5.97 Å². The summed E-state index contributed by atoms with van der Waals surface area (Å²) >= 11 is 0. The van der Waals surface area contributed by atoms with Crippen LogP contribution in [-0.4, -0.2) is 12.1 Å². The topological polar surface area (TPSA) is 26.3 Å². The van der Waals surface area contributed by atoms with Gasteiger partial charge in [0.25, 0.3) is 0 Å². The van der Waals surface area contributed by atoms with Crippen molar-refractivity contribution in [3.05, 3.63) is 12.7 Å². The van der Waals surface area contributed by atoms with Gasteiger partial charge in [0.05, 0.1) is 0 Å². The lowest BCUT2D eigenvalue weighted by Gasteiger charge is -2.37. The average Bonchev–Trinajstić information content (AvgIpc) is 2.54. The van der Waals surface area contributed by atoms with E-state index in [0.717, 1.165) is 30.6 Å². The first-order chi connectivity index (χ1) is 10.2. The van der Waals surface area contributed by atoms with Crippen LogP contribution in [0.3, 0.4) is 0 Å². The van der Waals surface area contributed by atoms with Gasteiger partial charge in [-0.1, -0.05) is 45.6 Å². The van der Waals surface area contributed by atoms with Crippen molar-refractivity contribution in [3.63, 3.8) is 0 Å². The Morgan fingerprint density at radius 3 is 2.14 bits per heavy atom. The van der Waals surface area contributed by atoms with Crippen LogP contribution in [0.1, 0.15) is 77.6 Å². The van der Waals surface area contributed by atoms with E-state index in [4.69, 9.17) is 4.74 Å². The summed E-state index contributed by atoms with van der Waals surface area (Å²) in [5.41, 5.74) is 0. The molecule has 0 aromatic rings. The minimum Gasteiger partial charge on any atom is -0.459 e. The number of rotatable bonds is 6. The first-order valence-electron chi connectivity index (χ1n) is 9.06. The highest BCUT2D eigenvalue weighted by Crippen LogP contribution is 2.41. The van der Waals surface area contributed by atoms with E-state index in [1.807, 2.05) is 0 Å². The van der Waals surface area contributed by atoms with Gasteiger partial charge < -0.3 is 4.74 Å². The van der Waals surface area contributed by atoms with Gasteiger partial charge in [0.2, 0.25) is 0 Å². The van der Waals surface area contributed by atoms with Crippen molar-refractivity contribution in [1.29, 1.82) is 0 Å². The lowest BCUT2D eigenvalue weighted by atomic mass is 9.70. The highest BCUT2D eigenvalue weighted by molar-refractivity contribution is 5.81. The maximum absolute atomic E-state index is 11.2. The minimum atomic E-state index is -0.255. The Labute approximate surface area is 130 Å². The van der Waals surface area contributed by atoms with Crippen LogP contribution in [0.25, 0.3) is 0 Å². The van der Waals surface area contributed by atoms with E-state index in [1.54, 1.807) is 0 Å². The number of ether oxygens (including phenoxy) is 1. The molecule has 0 aliphatic heterocycles. The van der Waals surface area contributed by atoms with Crippen LogP contribution in [0.4, 0.5) is 0 Å². The fraction of sp³-hybridized carbons (Fsp3) is 0.842. The zero-order chi connectivity index (χ0) is 15.1. The maximum Gasteiger partial charge on any atom is 0.330 e. The molecule has 2 rings (SSSR count). The highest BCUT2D eigenvalue weighted by Gasteiger charge is 2.31. The molecule has 120 valence electrons. The van der Waals surface area contributed by atoms with Crippen molar-refractivity contribution < 1.29 is 9.53 Å². The lowest BCUT2D eigenvalue weighted by molar-refractivity contribution is -0.145. The highest BCUT2D eigenvalue weighted by atomic mass is 16.5. The van der Waals surface area contributed by atoms with Gasteiger partial charge in [-0.2, -0.15) is 0 Å². The van der Waals surface area contributed by atoms with Gasteiger partial charge in [0.15, 0.2) is 0 Å². The Morgan fingerprint density at radius 1 is 1.05 bits per heavy atom. The first-order valence-corrected chi connectivity index (χ1v) is 9.06. The van der Waals surface area contributed by atoms with E-state index >= 15 is 0 Å². The van der Waals surface area contributed by atoms with Gasteiger partial charge in [0.1, 0.15) is 6.10 Å². The van der Waals surface area contributed by atoms with E-state index in [2.05, 4.69) is 13.5 Å². The number of carbonyl (C=O) groups is 1. The summed E-state index contributed by atoms with van der Waals surface area (Å²) in [5.74, 6) is 2.58. The molecule has 0 aromatic carbocycles. The molecule has 2 heteroatoms. The second kappa shape index (κ2) is 8.60. The SMILES string of the molecule is C=CC(=O)OC1CCC(C2CCC(CCCC)CC2)CC1. The summed E-state index contributed by atoms with van der Waals surface area (Å²) in [6, 6.07) is 0. The molecule has 0 radical (unpaired) electrons. The Bertz CT molecular complexity index is 320. The van der Waals surface area contributed by atoms with E-state index in [0.29, 0.717) is 0 Å². The van der Waals surface area contributed by atoms with E-state index in [-0.39, 0.29) is 12.1 Å². The summed E-state index contributed by atoms with van der Waals surface area (Å²) in [6.45, 7) is 5.76. The molecule has 2 fully saturated rings. The molecule has 21 heavy (non-hydrogen) atoms. The predicted octanol–water partition coefficient (Wildman–Crippen LogP) is 5.27. The standard InChI is InChI=1S/C19H32O2/c1-3-5-6-15-7-9-16(10-8-15)17-11-13-18(14-12-17)21-19(20)4-2/h4,15-18H,2-3,5-14H2,1H3. The zero-order valence-electron chi connectivity index (χ0n) is 13.7. The molecule has 0 amide bonds. The third-order valence-electron chi connectivity index (χ3n) is 5.69. The van der Waals surface area contributed by atoms with Gasteiger partial charge in [-0.15, -0.1) is 0 Å². The third kappa shape index (κ3) is 5.16. The summed E-state index contributed by atoms with van der Waals surface area (Å²) in [7, 11) is 0. The predicted molar refractivity (Wildman–Crippen MR) is 87.0 cm³/mol. The molecule has 0 bridgehead atoms. The fourth-order valence-corrected chi connectivity index (χ4v) is 4.33. The smallest absolute Gasteiger partial charge is 0.330 e. The Balaban J connectivity index is 1.67. The quantitative estimate of drug-likeness (QED) is 0.492. The van der Waals surface area contributed by atoms with E-state index in [9.17, 15) is 4.79 Å². The second-order valence-electron chi connectivity index (χ2n) is 7.10. The maximum atomic E-state index is 11.2. The largest absolute Gasteiger partial charge is 0.459 e. The molecule has 2 saturated carbocycles. The fourth-order valence-electron chi connectivity index (χ4n) is 4.33. The zero-order valence-corrected chi connectivity index (χ0v) is 13.7. The normalized spacial score (nSPS) is 33.4. The van der Waals surface area contributed by atoms with Crippen LogP contribution in [0, 0.1) is 17.8 Å². The molecule has 0 spiro atoms. The molecular weight excluding hydrogens is 260 g/mol. The minimum absolute atomic E-state index is 0.146. The molecule has 0 heterocycles. The van der Waals surface area contributed by atoms with Crippen molar-refractivity contribution in [3.8, 4) is 0 Å². The van der Waals surface area contributed by atoms with Gasteiger partial charge in [-0.3, -0.25) is 0 Å². The molecule has 0 aromatic heterocycles. The van der Waals surface area contributed by atoms with Gasteiger partial charge in [0, 0.05) is 6.08 Å². The van der Waals surface area contributed by atoms with Crippen LogP contribution in [0.2, 0.25) is 0 Å². The van der Waals surface area contributed by atoms with Crippen molar-refractivity contribution in [2.45, 2.75) is 83.7 Å². The van der Waals surface area contributed by atoms with Crippen molar-refractivity contribution in [1.82, 2.24) is 0 Å². The molecule has 2 aliphatic rings. The monoisotopic (exact) mass is 292 g/mol. The summed E-state index contributed by atoms with van der Waals surface area (Å²) < 4.78 is 5.38. The molecule has 2 nitrogen and oxygen atoms in total. The van der Waals surface area contributed by atoms with E-state index < -0.39 is 0 Å². The second-order valence-corrected chi connectivity index (χ2v) is 7.10. The molecule has 2 aliphatic carbocycles. The van der Waals surface area contributed by atoms with Crippen LogP contribution >= 0.6 is 0 Å². The first kappa shape index (κ1) is 16.6. The number of carbonyl (C=O) groups excluding carboxylic acids is 1. The summed E-state index contributed by atoms with van der Waals surface area (Å²) in [5, 5.41) is 0. The van der Waals surface area contributed by atoms with Crippen molar-refractivity contribution in [2.24, 2.45) is 17.8 Å². The third-order valence-corrected chi connectivity index (χ3v) is 5.69. The number of esters is 1. The van der Waals surface area contributed by atoms with Crippen LogP contribution in [0.5, 0.6) is 0 Å². The number of unbranched alkanes of at least 4 members (excludes halogenated alkanes) is 1. The van der Waals surface area contributed by atoms with Crippen LogP contribution < -0.4 is 0 Å².